The Morgan fingerprint density at radius 2 is 2.00 bits per heavy atom. The second-order valence-electron chi connectivity index (χ2n) is 8.01. The highest BCUT2D eigenvalue weighted by atomic mass is 16.3. The molecule has 0 amide bonds. The van der Waals surface area contributed by atoms with Gasteiger partial charge in [-0.15, -0.1) is 0 Å². The maximum atomic E-state index is 10.3. The fourth-order valence-corrected chi connectivity index (χ4v) is 4.07. The summed E-state index contributed by atoms with van der Waals surface area (Å²) in [4.78, 5) is 2.44. The first-order chi connectivity index (χ1) is 9.94. The highest BCUT2D eigenvalue weighted by Gasteiger charge is 2.33. The molecule has 118 valence electrons. The summed E-state index contributed by atoms with van der Waals surface area (Å²) in [7, 11) is 2.22. The Balaban J connectivity index is 1.65. The molecule has 0 spiro atoms. The molecule has 3 nitrogen and oxygen atoms in total. The molecule has 2 aliphatic rings. The van der Waals surface area contributed by atoms with Gasteiger partial charge in [0.15, 0.2) is 0 Å². The normalized spacial score (nSPS) is 26.8. The van der Waals surface area contributed by atoms with Gasteiger partial charge in [-0.05, 0) is 69.6 Å². The topological polar surface area (TPSA) is 28.4 Å². The lowest BCUT2D eigenvalue weighted by molar-refractivity contribution is 0.0977. The van der Waals surface area contributed by atoms with E-state index in [1.165, 1.54) is 43.6 Å². The molecule has 0 aromatic carbocycles. The lowest BCUT2D eigenvalue weighted by atomic mass is 9.75. The summed E-state index contributed by atoms with van der Waals surface area (Å²) in [6.45, 7) is 8.16. The Morgan fingerprint density at radius 1 is 1.29 bits per heavy atom. The quantitative estimate of drug-likeness (QED) is 0.926. The van der Waals surface area contributed by atoms with Crippen molar-refractivity contribution in [2.75, 3.05) is 20.1 Å². The molecular weight excluding hydrogens is 260 g/mol. The Bertz CT molecular complexity index is 483. The van der Waals surface area contributed by atoms with E-state index in [0.717, 1.165) is 25.3 Å². The van der Waals surface area contributed by atoms with E-state index in [0.29, 0.717) is 0 Å². The van der Waals surface area contributed by atoms with E-state index in [4.69, 9.17) is 0 Å². The zero-order chi connectivity index (χ0) is 15.0. The van der Waals surface area contributed by atoms with Crippen LogP contribution in [-0.2, 0) is 13.0 Å². The largest absolute Gasteiger partial charge is 0.388 e. The van der Waals surface area contributed by atoms with E-state index in [9.17, 15) is 5.11 Å². The van der Waals surface area contributed by atoms with Crippen molar-refractivity contribution in [3.8, 4) is 0 Å². The van der Waals surface area contributed by atoms with Crippen LogP contribution in [-0.4, -0.2) is 34.7 Å². The lowest BCUT2D eigenvalue weighted by Gasteiger charge is -2.34. The van der Waals surface area contributed by atoms with Crippen molar-refractivity contribution >= 4 is 0 Å². The van der Waals surface area contributed by atoms with Crippen molar-refractivity contribution in [3.05, 3.63) is 23.5 Å². The van der Waals surface area contributed by atoms with Gasteiger partial charge >= 0.3 is 0 Å². The van der Waals surface area contributed by atoms with Crippen molar-refractivity contribution in [1.29, 1.82) is 0 Å². The first-order valence-electron chi connectivity index (χ1n) is 8.49. The van der Waals surface area contributed by atoms with Crippen molar-refractivity contribution in [1.82, 2.24) is 9.47 Å². The molecule has 1 fully saturated rings. The zero-order valence-electron chi connectivity index (χ0n) is 13.8. The van der Waals surface area contributed by atoms with Crippen LogP contribution in [0.2, 0.25) is 0 Å². The molecular formula is C18H30N2O. The van der Waals surface area contributed by atoms with E-state index >= 15 is 0 Å². The van der Waals surface area contributed by atoms with Crippen molar-refractivity contribution in [2.24, 2.45) is 11.3 Å². The maximum absolute atomic E-state index is 10.3. The monoisotopic (exact) mass is 290 g/mol. The Hall–Kier alpha value is -0.800. The fourth-order valence-electron chi connectivity index (χ4n) is 4.07. The Labute approximate surface area is 129 Å². The molecule has 1 aliphatic heterocycles. The summed E-state index contributed by atoms with van der Waals surface area (Å²) in [6.07, 6.45) is 7.88. The number of aliphatic hydroxyl groups excluding tert-OH is 1. The van der Waals surface area contributed by atoms with Crippen LogP contribution < -0.4 is 0 Å². The van der Waals surface area contributed by atoms with Crippen LogP contribution in [0.4, 0.5) is 0 Å². The molecule has 1 aromatic heterocycles. The van der Waals surface area contributed by atoms with Gasteiger partial charge in [-0.25, -0.2) is 0 Å². The minimum atomic E-state index is -0.270. The minimum absolute atomic E-state index is 0.218. The van der Waals surface area contributed by atoms with E-state index in [1.54, 1.807) is 0 Å². The van der Waals surface area contributed by atoms with Gasteiger partial charge in [0.1, 0.15) is 0 Å². The van der Waals surface area contributed by atoms with Gasteiger partial charge in [-0.2, -0.15) is 0 Å². The minimum Gasteiger partial charge on any atom is -0.388 e. The molecule has 1 N–H and O–H groups in total. The molecule has 1 aliphatic carbocycles. The van der Waals surface area contributed by atoms with E-state index in [1.807, 2.05) is 0 Å². The standard InChI is InChI=1S/C18H30N2O/c1-18(2)12-16-15(17(21)13-18)7-11-20(16)10-6-14-4-8-19(3)9-5-14/h7,11,14,17,21H,4-6,8-10,12-13H2,1-3H3. The SMILES string of the molecule is CN1CCC(CCn2ccc3c2CC(C)(C)CC3O)CC1. The molecule has 1 aromatic rings. The van der Waals surface area contributed by atoms with Crippen molar-refractivity contribution in [3.63, 3.8) is 0 Å². The Kier molecular flexibility index (Phi) is 4.15. The maximum Gasteiger partial charge on any atom is 0.0812 e. The summed E-state index contributed by atoms with van der Waals surface area (Å²) in [5.74, 6) is 0.876. The van der Waals surface area contributed by atoms with Crippen molar-refractivity contribution in [2.45, 2.75) is 58.6 Å². The van der Waals surface area contributed by atoms with Gasteiger partial charge in [0.05, 0.1) is 6.10 Å². The molecule has 0 radical (unpaired) electrons. The number of hydrogen-bond acceptors (Lipinski definition) is 2. The molecule has 3 rings (SSSR count). The summed E-state index contributed by atoms with van der Waals surface area (Å²) in [5, 5.41) is 10.3. The second kappa shape index (κ2) is 5.77. The summed E-state index contributed by atoms with van der Waals surface area (Å²) < 4.78 is 2.41. The molecule has 0 bridgehead atoms. The van der Waals surface area contributed by atoms with Crippen LogP contribution in [0.1, 0.15) is 56.9 Å². The number of aryl methyl sites for hydroxylation is 1. The number of aliphatic hydroxyl groups is 1. The van der Waals surface area contributed by atoms with Gasteiger partial charge in [-0.1, -0.05) is 13.8 Å². The van der Waals surface area contributed by atoms with Gasteiger partial charge < -0.3 is 14.6 Å². The highest BCUT2D eigenvalue weighted by molar-refractivity contribution is 5.29. The summed E-state index contributed by atoms with van der Waals surface area (Å²) in [6, 6.07) is 2.14. The molecule has 21 heavy (non-hydrogen) atoms. The number of hydrogen-bond donors (Lipinski definition) is 1. The van der Waals surface area contributed by atoms with Crippen LogP contribution in [0.3, 0.4) is 0 Å². The second-order valence-corrected chi connectivity index (χ2v) is 8.01. The first kappa shape index (κ1) is 15.1. The molecule has 0 saturated carbocycles. The fraction of sp³-hybridized carbons (Fsp3) is 0.778. The number of piperidine rings is 1. The van der Waals surface area contributed by atoms with Crippen LogP contribution in [0.5, 0.6) is 0 Å². The number of fused-ring (bicyclic) bond motifs is 1. The molecule has 1 atom stereocenters. The number of rotatable bonds is 3. The molecule has 1 saturated heterocycles. The third-order valence-corrected chi connectivity index (χ3v) is 5.48. The zero-order valence-corrected chi connectivity index (χ0v) is 13.8. The average molecular weight is 290 g/mol. The third kappa shape index (κ3) is 3.35. The van der Waals surface area contributed by atoms with Gasteiger partial charge in [0.25, 0.3) is 0 Å². The predicted molar refractivity (Wildman–Crippen MR) is 86.3 cm³/mol. The molecule has 3 heteroatoms. The number of nitrogens with zero attached hydrogens (tertiary/aromatic N) is 2. The van der Waals surface area contributed by atoms with Gasteiger partial charge in [-0.3, -0.25) is 0 Å². The smallest absolute Gasteiger partial charge is 0.0812 e. The van der Waals surface area contributed by atoms with Crippen LogP contribution in [0, 0.1) is 11.3 Å². The van der Waals surface area contributed by atoms with Crippen molar-refractivity contribution < 1.29 is 5.11 Å². The summed E-state index contributed by atoms with van der Waals surface area (Å²) in [5.41, 5.74) is 2.78. The average Bonchev–Trinajstić information content (AvgIpc) is 2.80. The van der Waals surface area contributed by atoms with Gasteiger partial charge in [0, 0.05) is 24.0 Å². The number of aromatic nitrogens is 1. The molecule has 1 unspecified atom stereocenters. The molecule has 2 heterocycles. The van der Waals surface area contributed by atoms with Gasteiger partial charge in [0.2, 0.25) is 0 Å². The summed E-state index contributed by atoms with van der Waals surface area (Å²) >= 11 is 0. The lowest BCUT2D eigenvalue weighted by Crippen LogP contribution is -2.31. The predicted octanol–water partition coefficient (Wildman–Crippen LogP) is 3.23. The highest BCUT2D eigenvalue weighted by Crippen LogP contribution is 2.41. The van der Waals surface area contributed by atoms with Crippen LogP contribution >= 0.6 is 0 Å². The van der Waals surface area contributed by atoms with Crippen LogP contribution in [0.15, 0.2) is 12.3 Å². The van der Waals surface area contributed by atoms with E-state index < -0.39 is 0 Å². The third-order valence-electron chi connectivity index (χ3n) is 5.48. The Morgan fingerprint density at radius 3 is 2.71 bits per heavy atom. The van der Waals surface area contributed by atoms with Crippen LogP contribution in [0.25, 0.3) is 0 Å². The van der Waals surface area contributed by atoms with E-state index in [2.05, 4.69) is 42.6 Å². The van der Waals surface area contributed by atoms with E-state index in [-0.39, 0.29) is 11.5 Å². The first-order valence-corrected chi connectivity index (χ1v) is 8.49. The number of likely N-dealkylation sites (tertiary alicyclic amines) is 1.